The normalized spacial score (nSPS) is 10.2. The third-order valence-corrected chi connectivity index (χ3v) is 4.21. The summed E-state index contributed by atoms with van der Waals surface area (Å²) in [5.74, 6) is -1.96. The number of amides is 1. The van der Waals surface area contributed by atoms with Crippen molar-refractivity contribution in [2.45, 2.75) is 0 Å². The molecule has 0 saturated carbocycles. The van der Waals surface area contributed by atoms with Crippen molar-refractivity contribution in [3.05, 3.63) is 61.4 Å². The maximum Gasteiger partial charge on any atom is 0.336 e. The van der Waals surface area contributed by atoms with Crippen LogP contribution in [0.4, 0.5) is 10.1 Å². The summed E-state index contributed by atoms with van der Waals surface area (Å²) in [5, 5.41) is 11.6. The molecule has 0 radical (unpaired) electrons. The average molecular weight is 464 g/mol. The highest BCUT2D eigenvalue weighted by Gasteiger charge is 2.13. The first kappa shape index (κ1) is 15.9. The Hall–Kier alpha value is -1.48. The lowest BCUT2D eigenvalue weighted by Crippen LogP contribution is -2.14. The lowest BCUT2D eigenvalue weighted by atomic mass is 10.1. The molecular weight excluding hydrogens is 456 g/mol. The van der Waals surface area contributed by atoms with Crippen LogP contribution in [0.25, 0.3) is 0 Å². The zero-order valence-electron chi connectivity index (χ0n) is 10.4. The molecule has 0 aliphatic heterocycles. The van der Waals surface area contributed by atoms with E-state index in [1.165, 1.54) is 30.3 Å². The van der Waals surface area contributed by atoms with Crippen molar-refractivity contribution in [3.63, 3.8) is 0 Å². The van der Waals surface area contributed by atoms with Gasteiger partial charge >= 0.3 is 5.97 Å². The Labute approximate surface area is 141 Å². The van der Waals surface area contributed by atoms with Gasteiger partial charge < -0.3 is 10.4 Å². The molecule has 0 aliphatic rings. The summed E-state index contributed by atoms with van der Waals surface area (Å²) in [4.78, 5) is 23.2. The molecule has 0 fully saturated rings. The summed E-state index contributed by atoms with van der Waals surface area (Å²) >= 11 is 4.99. The van der Waals surface area contributed by atoms with E-state index in [0.717, 1.165) is 0 Å². The van der Waals surface area contributed by atoms with E-state index < -0.39 is 17.7 Å². The predicted molar refractivity (Wildman–Crippen MR) is 88.2 cm³/mol. The molecule has 4 nitrogen and oxygen atoms in total. The fraction of sp³-hybridized carbons (Fsp3) is 0. The number of carboxylic acids is 1. The molecule has 2 rings (SSSR count). The van der Waals surface area contributed by atoms with Gasteiger partial charge in [-0.2, -0.15) is 0 Å². The number of aromatic carboxylic acids is 1. The number of carbonyl (C=O) groups excluding carboxylic acids is 1. The summed E-state index contributed by atoms with van der Waals surface area (Å²) in [5.41, 5.74) is 0.708. The van der Waals surface area contributed by atoms with Crippen LogP contribution in [-0.2, 0) is 0 Å². The molecule has 108 valence electrons. The van der Waals surface area contributed by atoms with Crippen LogP contribution in [0.3, 0.4) is 0 Å². The first-order chi connectivity index (χ1) is 9.88. The monoisotopic (exact) mass is 463 g/mol. The number of carboxylic acid groups (broad SMARTS) is 1. The van der Waals surface area contributed by atoms with Crippen molar-refractivity contribution in [1.82, 2.24) is 0 Å². The average Bonchev–Trinajstić information content (AvgIpc) is 2.40. The van der Waals surface area contributed by atoms with Gasteiger partial charge in [-0.15, -0.1) is 0 Å². The number of nitrogens with one attached hydrogen (secondary N) is 1. The molecule has 2 N–H and O–H groups in total. The zero-order valence-corrected chi connectivity index (χ0v) is 14.1. The highest BCUT2D eigenvalue weighted by atomic mass is 127. The second kappa shape index (κ2) is 6.52. The summed E-state index contributed by atoms with van der Waals surface area (Å²) in [6.45, 7) is 0. The van der Waals surface area contributed by atoms with E-state index in [4.69, 9.17) is 5.11 Å². The van der Waals surface area contributed by atoms with Gasteiger partial charge in [0.05, 0.1) is 11.1 Å². The number of carbonyl (C=O) groups is 2. The second-order valence-corrected chi connectivity index (χ2v) is 6.09. The van der Waals surface area contributed by atoms with E-state index in [9.17, 15) is 14.0 Å². The van der Waals surface area contributed by atoms with Gasteiger partial charge in [-0.25, -0.2) is 9.18 Å². The van der Waals surface area contributed by atoms with Gasteiger partial charge in [-0.1, -0.05) is 0 Å². The summed E-state index contributed by atoms with van der Waals surface area (Å²) in [6, 6.07) is 8.28. The van der Waals surface area contributed by atoms with Crippen LogP contribution in [0.2, 0.25) is 0 Å². The van der Waals surface area contributed by atoms with E-state index in [1.54, 1.807) is 6.07 Å². The first-order valence-electron chi connectivity index (χ1n) is 5.67. The number of halogens is 3. The largest absolute Gasteiger partial charge is 0.478 e. The van der Waals surface area contributed by atoms with E-state index >= 15 is 0 Å². The lowest BCUT2D eigenvalue weighted by Gasteiger charge is -2.08. The molecule has 0 aliphatic carbocycles. The number of hydrogen-bond acceptors (Lipinski definition) is 2. The topological polar surface area (TPSA) is 66.4 Å². The van der Waals surface area contributed by atoms with Crippen molar-refractivity contribution in [2.75, 3.05) is 5.32 Å². The van der Waals surface area contributed by atoms with Gasteiger partial charge in [0.15, 0.2) is 0 Å². The van der Waals surface area contributed by atoms with Gasteiger partial charge in [0.25, 0.3) is 5.91 Å². The van der Waals surface area contributed by atoms with Crippen LogP contribution in [0.1, 0.15) is 20.7 Å². The van der Waals surface area contributed by atoms with Crippen molar-refractivity contribution >= 4 is 56.1 Å². The minimum atomic E-state index is -1.10. The van der Waals surface area contributed by atoms with Crippen LogP contribution < -0.4 is 5.32 Å². The third-order valence-electron chi connectivity index (χ3n) is 2.63. The molecule has 0 aromatic heterocycles. The number of hydrogen-bond donors (Lipinski definition) is 2. The van der Waals surface area contributed by atoms with E-state index in [2.05, 4.69) is 21.2 Å². The molecule has 7 heteroatoms. The van der Waals surface area contributed by atoms with E-state index in [-0.39, 0.29) is 5.56 Å². The van der Waals surface area contributed by atoms with Crippen LogP contribution in [0, 0.1) is 9.39 Å². The molecule has 0 unspecified atom stereocenters. The molecular formula is C14H8BrFINO3. The minimum absolute atomic E-state index is 0.0432. The molecule has 2 aromatic carbocycles. The Bertz CT molecular complexity index is 736. The van der Waals surface area contributed by atoms with Gasteiger partial charge in [-0.05, 0) is 74.9 Å². The van der Waals surface area contributed by atoms with Crippen LogP contribution in [-0.4, -0.2) is 17.0 Å². The highest BCUT2D eigenvalue weighted by Crippen LogP contribution is 2.22. The Kier molecular flexibility index (Phi) is 4.94. The van der Waals surface area contributed by atoms with Crippen LogP contribution >= 0.6 is 38.5 Å². The van der Waals surface area contributed by atoms with Crippen LogP contribution in [0.15, 0.2) is 40.9 Å². The van der Waals surface area contributed by atoms with Gasteiger partial charge in [0, 0.05) is 13.7 Å². The molecule has 0 heterocycles. The lowest BCUT2D eigenvalue weighted by molar-refractivity contribution is 0.0695. The zero-order chi connectivity index (χ0) is 15.6. The number of rotatable bonds is 3. The van der Waals surface area contributed by atoms with Crippen LogP contribution in [0.5, 0.6) is 0 Å². The van der Waals surface area contributed by atoms with Gasteiger partial charge in [0.1, 0.15) is 5.82 Å². The second-order valence-electron chi connectivity index (χ2n) is 4.08. The first-order valence-corrected chi connectivity index (χ1v) is 7.55. The number of benzene rings is 2. The molecule has 0 saturated heterocycles. The Balaban J connectivity index is 2.27. The Morgan fingerprint density at radius 2 is 1.86 bits per heavy atom. The minimum Gasteiger partial charge on any atom is -0.478 e. The molecule has 2 aromatic rings. The van der Waals surface area contributed by atoms with E-state index in [0.29, 0.717) is 19.3 Å². The maximum absolute atomic E-state index is 13.0. The fourth-order valence-corrected chi connectivity index (χ4v) is 2.78. The predicted octanol–water partition coefficient (Wildman–Crippen LogP) is 4.14. The van der Waals surface area contributed by atoms with Crippen molar-refractivity contribution in [1.29, 1.82) is 0 Å². The summed E-state index contributed by atoms with van der Waals surface area (Å²) < 4.78 is 13.9. The third kappa shape index (κ3) is 3.79. The molecule has 0 spiro atoms. The maximum atomic E-state index is 13.0. The van der Waals surface area contributed by atoms with Gasteiger partial charge in [-0.3, -0.25) is 4.79 Å². The summed E-state index contributed by atoms with van der Waals surface area (Å²) in [6.07, 6.45) is 0. The van der Waals surface area contributed by atoms with Gasteiger partial charge in [0.2, 0.25) is 0 Å². The highest BCUT2D eigenvalue weighted by molar-refractivity contribution is 14.1. The summed E-state index contributed by atoms with van der Waals surface area (Å²) in [7, 11) is 0. The molecule has 21 heavy (non-hydrogen) atoms. The standard InChI is InChI=1S/C14H8BrFINO3/c15-11-4-2-8(6-10(11)14(20)21)18-13(19)9-3-1-7(16)5-12(9)17/h1-6H,(H,18,19)(H,20,21). The van der Waals surface area contributed by atoms with E-state index in [1.807, 2.05) is 22.6 Å². The fourth-order valence-electron chi connectivity index (χ4n) is 1.64. The Morgan fingerprint density at radius 1 is 1.14 bits per heavy atom. The number of anilines is 1. The SMILES string of the molecule is O=C(O)c1cc(NC(=O)c2ccc(F)cc2I)ccc1Br. The van der Waals surface area contributed by atoms with Crippen molar-refractivity contribution in [3.8, 4) is 0 Å². The van der Waals surface area contributed by atoms with Crippen molar-refractivity contribution in [2.24, 2.45) is 0 Å². The Morgan fingerprint density at radius 3 is 2.48 bits per heavy atom. The molecule has 0 atom stereocenters. The quantitative estimate of drug-likeness (QED) is 0.672. The smallest absolute Gasteiger partial charge is 0.336 e. The molecule has 1 amide bonds. The molecule has 0 bridgehead atoms. The van der Waals surface area contributed by atoms with Crippen molar-refractivity contribution < 1.29 is 19.1 Å².